The molecule has 0 spiro atoms. The highest BCUT2D eigenvalue weighted by Crippen LogP contribution is 2.24. The minimum absolute atomic E-state index is 0.0550. The first-order valence-corrected chi connectivity index (χ1v) is 7.57. The normalized spacial score (nSPS) is 11.1. The zero-order valence-corrected chi connectivity index (χ0v) is 12.1. The molecule has 0 unspecified atom stereocenters. The van der Waals surface area contributed by atoms with Gasteiger partial charge in [-0.1, -0.05) is 11.6 Å². The van der Waals surface area contributed by atoms with Crippen LogP contribution in [0.3, 0.4) is 0 Å². The van der Waals surface area contributed by atoms with Gasteiger partial charge in [0, 0.05) is 12.7 Å². The number of rotatable bonds is 4. The van der Waals surface area contributed by atoms with Crippen LogP contribution in [-0.2, 0) is 16.6 Å². The Kier molecular flexibility index (Phi) is 3.97. The molecule has 1 heterocycles. The van der Waals surface area contributed by atoms with Crippen molar-refractivity contribution >= 4 is 27.3 Å². The van der Waals surface area contributed by atoms with E-state index in [-0.39, 0.29) is 15.5 Å². The Morgan fingerprint density at radius 3 is 2.85 bits per heavy atom. The third-order valence-corrected chi connectivity index (χ3v) is 4.42. The van der Waals surface area contributed by atoms with Gasteiger partial charge in [0.1, 0.15) is 4.90 Å². The number of sulfonamides is 1. The Hall–Kier alpha value is -2.04. The molecule has 0 amide bonds. The van der Waals surface area contributed by atoms with Crippen molar-refractivity contribution in [3.05, 3.63) is 41.2 Å². The summed E-state index contributed by atoms with van der Waals surface area (Å²) in [6, 6.07) is 5.94. The molecule has 1 N–H and O–H groups in total. The zero-order valence-electron chi connectivity index (χ0n) is 10.5. The summed E-state index contributed by atoms with van der Waals surface area (Å²) in [5.74, 6) is 0. The molecular weight excluding hydrogens is 300 g/mol. The molecule has 0 bridgehead atoms. The van der Waals surface area contributed by atoms with Crippen LogP contribution in [0.25, 0.3) is 0 Å². The number of anilines is 1. The van der Waals surface area contributed by atoms with Crippen molar-refractivity contribution in [3.8, 4) is 6.07 Å². The van der Waals surface area contributed by atoms with E-state index in [4.69, 9.17) is 16.9 Å². The molecule has 0 aliphatic carbocycles. The molecule has 20 heavy (non-hydrogen) atoms. The van der Waals surface area contributed by atoms with Crippen molar-refractivity contribution < 1.29 is 8.42 Å². The van der Waals surface area contributed by atoms with E-state index in [1.54, 1.807) is 10.9 Å². The van der Waals surface area contributed by atoms with Crippen LogP contribution in [-0.4, -0.2) is 18.2 Å². The average Bonchev–Trinajstić information content (AvgIpc) is 2.86. The first kappa shape index (κ1) is 14.4. The van der Waals surface area contributed by atoms with E-state index in [9.17, 15) is 8.42 Å². The van der Waals surface area contributed by atoms with Crippen LogP contribution < -0.4 is 4.72 Å². The SMILES string of the molecule is CCn1cc(NS(=O)(=O)c2cc(C#N)ccc2Cl)cn1. The standard InChI is InChI=1S/C12H11ClN4O2S/c1-2-17-8-10(7-15-17)16-20(18,19)12-5-9(6-14)3-4-11(12)13/h3-5,7-8,16H,2H2,1H3. The highest BCUT2D eigenvalue weighted by Gasteiger charge is 2.19. The Labute approximate surface area is 121 Å². The van der Waals surface area contributed by atoms with Crippen molar-refractivity contribution in [3.63, 3.8) is 0 Å². The first-order valence-electron chi connectivity index (χ1n) is 5.71. The van der Waals surface area contributed by atoms with Gasteiger partial charge in [-0.25, -0.2) is 8.42 Å². The van der Waals surface area contributed by atoms with Gasteiger partial charge in [-0.15, -0.1) is 0 Å². The molecule has 0 saturated heterocycles. The van der Waals surface area contributed by atoms with Crippen molar-refractivity contribution in [1.29, 1.82) is 5.26 Å². The molecule has 104 valence electrons. The number of nitrogens with one attached hydrogen (secondary N) is 1. The summed E-state index contributed by atoms with van der Waals surface area (Å²) in [6.45, 7) is 2.52. The molecule has 2 aromatic rings. The Morgan fingerprint density at radius 1 is 1.50 bits per heavy atom. The molecule has 1 aromatic heterocycles. The summed E-state index contributed by atoms with van der Waals surface area (Å²) < 4.78 is 28.5. The number of halogens is 1. The van der Waals surface area contributed by atoms with E-state index in [1.807, 2.05) is 13.0 Å². The summed E-state index contributed by atoms with van der Waals surface area (Å²) in [7, 11) is -3.86. The molecule has 0 fully saturated rings. The molecule has 2 rings (SSSR count). The maximum atomic E-state index is 12.2. The Balaban J connectivity index is 2.38. The number of hydrogen-bond acceptors (Lipinski definition) is 4. The van der Waals surface area contributed by atoms with Crippen LogP contribution in [0.2, 0.25) is 5.02 Å². The van der Waals surface area contributed by atoms with Gasteiger partial charge < -0.3 is 0 Å². The van der Waals surface area contributed by atoms with Crippen LogP contribution >= 0.6 is 11.6 Å². The van der Waals surface area contributed by atoms with Gasteiger partial charge >= 0.3 is 0 Å². The maximum absolute atomic E-state index is 12.2. The van der Waals surface area contributed by atoms with Crippen LogP contribution in [0.4, 0.5) is 5.69 Å². The molecule has 6 nitrogen and oxygen atoms in total. The fraction of sp³-hybridized carbons (Fsp3) is 0.167. The predicted molar refractivity (Wildman–Crippen MR) is 74.9 cm³/mol. The first-order chi connectivity index (χ1) is 9.46. The minimum Gasteiger partial charge on any atom is -0.276 e. The topological polar surface area (TPSA) is 87.8 Å². The summed E-state index contributed by atoms with van der Waals surface area (Å²) in [4.78, 5) is -0.137. The van der Waals surface area contributed by atoms with E-state index in [0.717, 1.165) is 0 Å². The van der Waals surface area contributed by atoms with Gasteiger partial charge in [-0.3, -0.25) is 9.40 Å². The molecule has 0 aliphatic heterocycles. The van der Waals surface area contributed by atoms with E-state index in [2.05, 4.69) is 9.82 Å². The fourth-order valence-corrected chi connectivity index (χ4v) is 3.13. The maximum Gasteiger partial charge on any atom is 0.263 e. The number of nitrogens with zero attached hydrogens (tertiary/aromatic N) is 3. The van der Waals surface area contributed by atoms with Crippen molar-refractivity contribution in [1.82, 2.24) is 9.78 Å². The van der Waals surface area contributed by atoms with Crippen LogP contribution in [0.1, 0.15) is 12.5 Å². The molecule has 0 aliphatic rings. The van der Waals surface area contributed by atoms with Crippen molar-refractivity contribution in [2.24, 2.45) is 0 Å². The fourth-order valence-electron chi connectivity index (χ4n) is 1.58. The van der Waals surface area contributed by atoms with Crippen LogP contribution in [0, 0.1) is 11.3 Å². The van der Waals surface area contributed by atoms with E-state index >= 15 is 0 Å². The van der Waals surface area contributed by atoms with E-state index < -0.39 is 10.0 Å². The molecule has 0 atom stereocenters. The van der Waals surface area contributed by atoms with E-state index in [0.29, 0.717) is 12.2 Å². The lowest BCUT2D eigenvalue weighted by Crippen LogP contribution is -2.13. The Morgan fingerprint density at radius 2 is 2.25 bits per heavy atom. The second-order valence-electron chi connectivity index (χ2n) is 3.95. The lowest BCUT2D eigenvalue weighted by molar-refractivity contribution is 0.601. The summed E-state index contributed by atoms with van der Waals surface area (Å²) in [5, 5.41) is 12.9. The molecule has 0 radical (unpaired) electrons. The lowest BCUT2D eigenvalue weighted by atomic mass is 10.2. The number of hydrogen-bond donors (Lipinski definition) is 1. The largest absolute Gasteiger partial charge is 0.276 e. The summed E-state index contributed by atoms with van der Waals surface area (Å²) in [5.41, 5.74) is 0.560. The highest BCUT2D eigenvalue weighted by molar-refractivity contribution is 7.92. The summed E-state index contributed by atoms with van der Waals surface area (Å²) >= 11 is 5.89. The monoisotopic (exact) mass is 310 g/mol. The minimum atomic E-state index is -3.86. The van der Waals surface area contributed by atoms with Crippen LogP contribution in [0.15, 0.2) is 35.5 Å². The van der Waals surface area contributed by atoms with Gasteiger partial charge in [0.25, 0.3) is 10.0 Å². The molecule has 0 saturated carbocycles. The zero-order chi connectivity index (χ0) is 14.8. The smallest absolute Gasteiger partial charge is 0.263 e. The average molecular weight is 311 g/mol. The second-order valence-corrected chi connectivity index (χ2v) is 6.01. The van der Waals surface area contributed by atoms with Crippen molar-refractivity contribution in [2.45, 2.75) is 18.4 Å². The van der Waals surface area contributed by atoms with Gasteiger partial charge in [-0.2, -0.15) is 10.4 Å². The number of nitriles is 1. The predicted octanol–water partition coefficient (Wildman–Crippen LogP) is 2.23. The highest BCUT2D eigenvalue weighted by atomic mass is 35.5. The molecular formula is C12H11ClN4O2S. The Bertz CT molecular complexity index is 777. The van der Waals surface area contributed by atoms with E-state index in [1.165, 1.54) is 24.4 Å². The van der Waals surface area contributed by atoms with Gasteiger partial charge in [0.15, 0.2) is 0 Å². The number of aryl methyl sites for hydroxylation is 1. The molecule has 1 aromatic carbocycles. The third kappa shape index (κ3) is 2.92. The van der Waals surface area contributed by atoms with Gasteiger partial charge in [0.2, 0.25) is 0 Å². The number of benzene rings is 1. The molecule has 8 heteroatoms. The lowest BCUT2D eigenvalue weighted by Gasteiger charge is -2.07. The second kappa shape index (κ2) is 5.53. The third-order valence-electron chi connectivity index (χ3n) is 2.56. The van der Waals surface area contributed by atoms with Crippen LogP contribution in [0.5, 0.6) is 0 Å². The van der Waals surface area contributed by atoms with Gasteiger partial charge in [0.05, 0.1) is 28.5 Å². The quantitative estimate of drug-likeness (QED) is 0.938. The summed E-state index contributed by atoms with van der Waals surface area (Å²) in [6.07, 6.45) is 2.97. The number of aromatic nitrogens is 2. The van der Waals surface area contributed by atoms with Crippen molar-refractivity contribution in [2.75, 3.05) is 4.72 Å². The van der Waals surface area contributed by atoms with Gasteiger partial charge in [-0.05, 0) is 25.1 Å².